The molecule has 3 aromatic rings. The molecule has 0 bridgehead atoms. The Morgan fingerprint density at radius 1 is 1.17 bits per heavy atom. The lowest BCUT2D eigenvalue weighted by Crippen LogP contribution is -2.54. The molecule has 2 aromatic carbocycles. The first-order chi connectivity index (χ1) is 19.6. The van der Waals surface area contributed by atoms with E-state index in [2.05, 4.69) is 35.9 Å². The summed E-state index contributed by atoms with van der Waals surface area (Å²) in [5.74, 6) is -0.450. The van der Waals surface area contributed by atoms with Crippen molar-refractivity contribution in [2.75, 3.05) is 13.7 Å². The number of methoxy groups -OCH3 is 1. The maximum absolute atomic E-state index is 15.0. The van der Waals surface area contributed by atoms with Crippen LogP contribution in [0.2, 0.25) is 0 Å². The molecule has 2 unspecified atom stereocenters. The third-order valence-corrected chi connectivity index (χ3v) is 8.44. The van der Waals surface area contributed by atoms with E-state index in [4.69, 9.17) is 9.47 Å². The summed E-state index contributed by atoms with van der Waals surface area (Å²) >= 11 is 0. The highest BCUT2D eigenvalue weighted by atomic mass is 19.1. The number of rotatable bonds is 8. The summed E-state index contributed by atoms with van der Waals surface area (Å²) in [6, 6.07) is 13.9. The first-order valence-electron chi connectivity index (χ1n) is 14.7. The summed E-state index contributed by atoms with van der Waals surface area (Å²) in [4.78, 5) is 17.7. The van der Waals surface area contributed by atoms with Gasteiger partial charge in [-0.25, -0.2) is 9.37 Å². The van der Waals surface area contributed by atoms with Gasteiger partial charge in [0.05, 0.1) is 19.2 Å². The third kappa shape index (κ3) is 6.89. The second kappa shape index (κ2) is 12.2. The van der Waals surface area contributed by atoms with Gasteiger partial charge in [0.1, 0.15) is 17.7 Å². The van der Waals surface area contributed by atoms with Crippen LogP contribution in [0.4, 0.5) is 4.39 Å². The number of ether oxygens (including phenoxy) is 2. The lowest BCUT2D eigenvalue weighted by Gasteiger charge is -2.49. The fourth-order valence-electron chi connectivity index (χ4n) is 5.38. The highest BCUT2D eigenvalue weighted by Crippen LogP contribution is 2.40. The van der Waals surface area contributed by atoms with Crippen LogP contribution in [0.15, 0.2) is 48.7 Å². The molecule has 41 heavy (non-hydrogen) atoms. The molecule has 7 heteroatoms. The number of carboxylic acid groups (broad SMARTS) is 1. The van der Waals surface area contributed by atoms with Crippen LogP contribution in [0.1, 0.15) is 81.2 Å². The van der Waals surface area contributed by atoms with Gasteiger partial charge in [0, 0.05) is 30.3 Å². The SMILES string of the molecule is C1CC1.COc1cc(-c2ccc(C3CCc4ccc(CC(C)C(=O)O)cc4O3)cc2CN2CCC2(C)C)c(F)cn1. The normalized spacial score (nSPS) is 19.5. The van der Waals surface area contributed by atoms with E-state index in [0.717, 1.165) is 59.4 Å². The topological polar surface area (TPSA) is 71.9 Å². The van der Waals surface area contributed by atoms with Crippen molar-refractivity contribution in [2.45, 2.75) is 83.9 Å². The van der Waals surface area contributed by atoms with E-state index in [-0.39, 0.29) is 17.5 Å². The van der Waals surface area contributed by atoms with Crippen LogP contribution in [0.25, 0.3) is 11.1 Å². The first-order valence-corrected chi connectivity index (χ1v) is 14.7. The predicted molar refractivity (Wildman–Crippen MR) is 158 cm³/mol. The molecule has 2 atom stereocenters. The van der Waals surface area contributed by atoms with Gasteiger partial charge in [-0.2, -0.15) is 0 Å². The molecular weight excluding hydrogens is 519 g/mol. The van der Waals surface area contributed by atoms with Crippen molar-refractivity contribution >= 4 is 5.97 Å². The van der Waals surface area contributed by atoms with Crippen molar-refractivity contribution in [3.63, 3.8) is 0 Å². The van der Waals surface area contributed by atoms with E-state index in [0.29, 0.717) is 24.4 Å². The van der Waals surface area contributed by atoms with Crippen LogP contribution in [0, 0.1) is 11.7 Å². The summed E-state index contributed by atoms with van der Waals surface area (Å²) < 4.78 is 26.7. The number of carboxylic acids is 1. The Morgan fingerprint density at radius 2 is 1.95 bits per heavy atom. The van der Waals surface area contributed by atoms with Gasteiger partial charge < -0.3 is 14.6 Å². The van der Waals surface area contributed by atoms with Crippen molar-refractivity contribution in [3.05, 3.63) is 76.7 Å². The standard InChI is InChI=1S/C31H35FN2O4.C3H6/c1-19(30(35)36)13-20-5-6-21-8-10-27(38-28(21)14-20)22-7-9-24(25-16-29(37-4)33-17-26(25)32)23(15-22)18-34-12-11-31(34,2)3;1-2-3-1/h5-7,9,14-17,19,27H,8,10-13,18H2,1-4H3,(H,35,36);1-3H2. The van der Waals surface area contributed by atoms with Crippen LogP contribution in [0.3, 0.4) is 0 Å². The Kier molecular flexibility index (Phi) is 8.64. The van der Waals surface area contributed by atoms with Crippen molar-refractivity contribution in [1.82, 2.24) is 9.88 Å². The van der Waals surface area contributed by atoms with Crippen molar-refractivity contribution in [3.8, 4) is 22.8 Å². The zero-order chi connectivity index (χ0) is 29.1. The molecule has 2 aliphatic heterocycles. The maximum Gasteiger partial charge on any atom is 0.306 e. The Labute approximate surface area is 242 Å². The number of aromatic nitrogens is 1. The van der Waals surface area contributed by atoms with Crippen LogP contribution in [-0.4, -0.2) is 40.2 Å². The van der Waals surface area contributed by atoms with E-state index in [1.807, 2.05) is 24.3 Å². The lowest BCUT2D eigenvalue weighted by atomic mass is 9.86. The number of likely N-dealkylation sites (tertiary alicyclic amines) is 1. The number of aryl methyl sites for hydroxylation is 1. The molecule has 0 amide bonds. The predicted octanol–water partition coefficient (Wildman–Crippen LogP) is 7.38. The van der Waals surface area contributed by atoms with Gasteiger partial charge in [0.25, 0.3) is 0 Å². The molecule has 1 N–H and O–H groups in total. The number of pyridine rings is 1. The Balaban J connectivity index is 0.00000106. The summed E-state index contributed by atoms with van der Waals surface area (Å²) in [7, 11) is 1.53. The number of nitrogens with zero attached hydrogens (tertiary/aromatic N) is 2. The number of carbonyl (C=O) groups is 1. The van der Waals surface area contributed by atoms with E-state index in [1.165, 1.54) is 32.6 Å². The average molecular weight is 561 g/mol. The van der Waals surface area contributed by atoms with Gasteiger partial charge in [-0.1, -0.05) is 56.5 Å². The Morgan fingerprint density at radius 3 is 2.59 bits per heavy atom. The number of hydrogen-bond acceptors (Lipinski definition) is 5. The van der Waals surface area contributed by atoms with Gasteiger partial charge >= 0.3 is 5.97 Å². The fourth-order valence-corrected chi connectivity index (χ4v) is 5.38. The van der Waals surface area contributed by atoms with Crippen molar-refractivity contribution < 1.29 is 23.8 Å². The van der Waals surface area contributed by atoms with Crippen LogP contribution < -0.4 is 9.47 Å². The van der Waals surface area contributed by atoms with Gasteiger partial charge in [0.15, 0.2) is 0 Å². The molecule has 1 saturated heterocycles. The van der Waals surface area contributed by atoms with Crippen LogP contribution >= 0.6 is 0 Å². The van der Waals surface area contributed by atoms with Crippen LogP contribution in [-0.2, 0) is 24.2 Å². The molecule has 1 saturated carbocycles. The minimum atomic E-state index is -0.803. The molecule has 1 aromatic heterocycles. The largest absolute Gasteiger partial charge is 0.485 e. The molecule has 6 nitrogen and oxygen atoms in total. The van der Waals surface area contributed by atoms with Gasteiger partial charge in [-0.15, -0.1) is 0 Å². The first kappa shape index (κ1) is 29.1. The Bertz CT molecular complexity index is 1400. The van der Waals surface area contributed by atoms with E-state index in [9.17, 15) is 14.3 Å². The summed E-state index contributed by atoms with van der Waals surface area (Å²) in [6.07, 6.45) is 8.88. The average Bonchev–Trinajstić information content (AvgIpc) is 3.85. The second-order valence-electron chi connectivity index (χ2n) is 12.2. The van der Waals surface area contributed by atoms with Gasteiger partial charge in [0.2, 0.25) is 5.88 Å². The number of fused-ring (bicyclic) bond motifs is 1. The van der Waals surface area contributed by atoms with Crippen molar-refractivity contribution in [1.29, 1.82) is 0 Å². The van der Waals surface area contributed by atoms with E-state index < -0.39 is 11.9 Å². The summed E-state index contributed by atoms with van der Waals surface area (Å²) in [5, 5.41) is 9.30. The highest BCUT2D eigenvalue weighted by molar-refractivity contribution is 5.70. The maximum atomic E-state index is 15.0. The quantitative estimate of drug-likeness (QED) is 0.310. The minimum Gasteiger partial charge on any atom is -0.485 e. The molecule has 2 fully saturated rings. The summed E-state index contributed by atoms with van der Waals surface area (Å²) in [5.41, 5.74) is 5.60. The van der Waals surface area contributed by atoms with Crippen LogP contribution in [0.5, 0.6) is 11.6 Å². The number of aliphatic carboxylic acids is 1. The van der Waals surface area contributed by atoms with Gasteiger partial charge in [-0.3, -0.25) is 9.69 Å². The third-order valence-electron chi connectivity index (χ3n) is 8.44. The van der Waals surface area contributed by atoms with E-state index >= 15 is 0 Å². The minimum absolute atomic E-state index is 0.103. The summed E-state index contributed by atoms with van der Waals surface area (Å²) in [6.45, 7) is 7.90. The molecule has 0 radical (unpaired) electrons. The number of halogens is 1. The fraction of sp³-hybridized carbons (Fsp3) is 0.471. The molecule has 218 valence electrons. The van der Waals surface area contributed by atoms with Crippen molar-refractivity contribution in [2.24, 2.45) is 5.92 Å². The Hall–Kier alpha value is -3.45. The lowest BCUT2D eigenvalue weighted by molar-refractivity contribution is -0.141. The monoisotopic (exact) mass is 560 g/mol. The molecular formula is C34H41FN2O4. The second-order valence-corrected chi connectivity index (χ2v) is 12.2. The molecule has 3 heterocycles. The smallest absolute Gasteiger partial charge is 0.306 e. The zero-order valence-corrected chi connectivity index (χ0v) is 24.6. The van der Waals surface area contributed by atoms with E-state index in [1.54, 1.807) is 13.0 Å². The molecule has 1 aliphatic carbocycles. The zero-order valence-electron chi connectivity index (χ0n) is 24.6. The molecule has 3 aliphatic rings. The molecule has 6 rings (SSSR count). The number of hydrogen-bond donors (Lipinski definition) is 1. The highest BCUT2D eigenvalue weighted by Gasteiger charge is 2.36. The number of benzene rings is 2. The van der Waals surface area contributed by atoms with Gasteiger partial charge in [-0.05, 0) is 73.4 Å². The molecule has 0 spiro atoms.